The molecule has 1 rings (SSSR count). The topological polar surface area (TPSA) is 82.1 Å². The molecule has 1 aromatic carbocycles. The van der Waals surface area contributed by atoms with Crippen LogP contribution in [0.25, 0.3) is 0 Å². The third-order valence-electron chi connectivity index (χ3n) is 7.59. The highest BCUT2D eigenvalue weighted by Crippen LogP contribution is 2.30. The molecule has 238 valence electrons. The average Bonchev–Trinajstić information content (AvgIpc) is 2.98. The smallest absolute Gasteiger partial charge is 0.374 e. The van der Waals surface area contributed by atoms with Crippen LogP contribution >= 0.6 is 21.1 Å². The van der Waals surface area contributed by atoms with Crippen LogP contribution in [-0.2, 0) is 30.2 Å². The average molecular weight is 615 g/mol. The number of carbonyl (C=O) groups is 1. The van der Waals surface area contributed by atoms with Gasteiger partial charge in [0.15, 0.2) is 6.29 Å². The van der Waals surface area contributed by atoms with Gasteiger partial charge in [-0.05, 0) is 24.3 Å². The van der Waals surface area contributed by atoms with E-state index >= 15 is 0 Å². The molecule has 0 fully saturated rings. The van der Waals surface area contributed by atoms with E-state index in [1.165, 1.54) is 89.9 Å². The van der Waals surface area contributed by atoms with Crippen molar-refractivity contribution >= 4 is 27.1 Å². The van der Waals surface area contributed by atoms with Gasteiger partial charge in [0, 0.05) is 0 Å². The second-order valence-corrected chi connectivity index (χ2v) is 12.9. The summed E-state index contributed by atoms with van der Waals surface area (Å²) < 4.78 is 28.7. The number of carbonyl (C=O) groups excluding carboxylic acids is 1. The molecule has 0 aliphatic rings. The summed E-state index contributed by atoms with van der Waals surface area (Å²) in [6, 6.07) is 9.11. The summed E-state index contributed by atoms with van der Waals surface area (Å²) in [7, 11) is -2.01. The number of esters is 1. The summed E-state index contributed by atoms with van der Waals surface area (Å²) in [6.45, 7) is 6.28. The van der Waals surface area contributed by atoms with E-state index < -0.39 is 31.7 Å². The van der Waals surface area contributed by atoms with Gasteiger partial charge in [-0.2, -0.15) is 0 Å². The zero-order chi connectivity index (χ0) is 30.2. The Morgan fingerprint density at radius 3 is 1.85 bits per heavy atom. The standard InChI is InChI=1S/C33H59O6PS/c1-4-7-9-11-12-13-14-16-19-23-28(22-18-15-10-8-5-2)26-31(41)38-30(6-3)39-33(35,40-36)32(34)37-27-29-24-20-17-21-25-29/h17,20-21,24-25,28,30-31,35,41H,4-16,18-19,22-23,26-27,40H2,1-3H3. The van der Waals surface area contributed by atoms with Crippen molar-refractivity contribution in [2.75, 3.05) is 0 Å². The Bertz CT molecular complexity index is 782. The van der Waals surface area contributed by atoms with Crippen LogP contribution in [0.5, 0.6) is 0 Å². The van der Waals surface area contributed by atoms with Crippen LogP contribution in [-0.4, -0.2) is 28.3 Å². The van der Waals surface area contributed by atoms with Crippen LogP contribution in [0.2, 0.25) is 0 Å². The minimum Gasteiger partial charge on any atom is -0.456 e. The Hall–Kier alpha value is -0.850. The van der Waals surface area contributed by atoms with Gasteiger partial charge in [0.25, 0.3) is 0 Å². The quantitative estimate of drug-likeness (QED) is 0.0338. The summed E-state index contributed by atoms with van der Waals surface area (Å²) in [5.41, 5.74) is -2.18. The molecule has 0 radical (unpaired) electrons. The summed E-state index contributed by atoms with van der Waals surface area (Å²) in [4.78, 5) is 12.6. The maximum absolute atomic E-state index is 12.6. The molecule has 1 aromatic rings. The number of unbranched alkanes of at least 4 members (excludes halogenated alkanes) is 12. The lowest BCUT2D eigenvalue weighted by Crippen LogP contribution is -2.42. The summed E-state index contributed by atoms with van der Waals surface area (Å²) in [5, 5.41) is 10.7. The van der Waals surface area contributed by atoms with Crippen molar-refractivity contribution in [3.8, 4) is 0 Å². The maximum Gasteiger partial charge on any atom is 0.374 e. The Morgan fingerprint density at radius 2 is 1.37 bits per heavy atom. The Labute approximate surface area is 257 Å². The summed E-state index contributed by atoms with van der Waals surface area (Å²) >= 11 is 4.71. The lowest BCUT2D eigenvalue weighted by atomic mass is 9.91. The van der Waals surface area contributed by atoms with Gasteiger partial charge in [0.2, 0.25) is 0 Å². The molecule has 5 unspecified atom stereocenters. The number of ether oxygens (including phenoxy) is 3. The molecule has 0 aliphatic carbocycles. The van der Waals surface area contributed by atoms with Crippen LogP contribution in [0, 0.1) is 5.92 Å². The molecular formula is C33H59O6PS. The minimum absolute atomic E-state index is 0.0452. The first-order chi connectivity index (χ1) is 19.9. The van der Waals surface area contributed by atoms with Gasteiger partial charge in [0.1, 0.15) is 20.5 Å². The number of thiol groups is 1. The SMILES string of the molecule is CCCCCCCCCCCC(CCCCCCC)CC(S)OC(CC)OC(O)([PH2]=O)C(=O)OCc1ccccc1. The predicted molar refractivity (Wildman–Crippen MR) is 174 cm³/mol. The van der Waals surface area contributed by atoms with Crippen molar-refractivity contribution in [2.45, 2.75) is 160 Å². The first kappa shape index (κ1) is 38.2. The number of aliphatic hydroxyl groups is 1. The Morgan fingerprint density at radius 1 is 0.854 bits per heavy atom. The van der Waals surface area contributed by atoms with Crippen LogP contribution in [0.1, 0.15) is 142 Å². The molecule has 1 N–H and O–H groups in total. The molecule has 0 aliphatic heterocycles. The highest BCUT2D eigenvalue weighted by atomic mass is 32.1. The van der Waals surface area contributed by atoms with Crippen molar-refractivity contribution in [3.05, 3.63) is 35.9 Å². The molecule has 0 saturated carbocycles. The molecule has 0 spiro atoms. The lowest BCUT2D eigenvalue weighted by Gasteiger charge is -2.29. The van der Waals surface area contributed by atoms with Crippen molar-refractivity contribution in [2.24, 2.45) is 5.92 Å². The zero-order valence-corrected chi connectivity index (χ0v) is 28.1. The lowest BCUT2D eigenvalue weighted by molar-refractivity contribution is -0.259. The minimum atomic E-state index is -2.53. The molecule has 0 heterocycles. The number of hydrogen-bond donors (Lipinski definition) is 2. The number of rotatable bonds is 27. The Kier molecular flexibility index (Phi) is 22.9. The second kappa shape index (κ2) is 24.6. The highest BCUT2D eigenvalue weighted by molar-refractivity contribution is 7.80. The van der Waals surface area contributed by atoms with Crippen LogP contribution in [0.15, 0.2) is 30.3 Å². The van der Waals surface area contributed by atoms with Gasteiger partial charge >= 0.3 is 11.5 Å². The fourth-order valence-corrected chi connectivity index (χ4v) is 5.86. The molecule has 0 amide bonds. The van der Waals surface area contributed by atoms with Gasteiger partial charge in [-0.15, -0.1) is 12.6 Å². The Balaban J connectivity index is 2.57. The van der Waals surface area contributed by atoms with Crippen molar-refractivity contribution < 1.29 is 28.7 Å². The third kappa shape index (κ3) is 18.4. The first-order valence-electron chi connectivity index (χ1n) is 16.3. The molecule has 5 atom stereocenters. The predicted octanol–water partition coefficient (Wildman–Crippen LogP) is 9.45. The molecule has 0 aromatic heterocycles. The van der Waals surface area contributed by atoms with E-state index in [2.05, 4.69) is 13.8 Å². The second-order valence-electron chi connectivity index (χ2n) is 11.3. The van der Waals surface area contributed by atoms with Crippen LogP contribution < -0.4 is 0 Å². The fourth-order valence-electron chi connectivity index (χ4n) is 5.03. The largest absolute Gasteiger partial charge is 0.456 e. The van der Waals surface area contributed by atoms with Crippen LogP contribution in [0.3, 0.4) is 0 Å². The first-order valence-corrected chi connectivity index (χ1v) is 17.9. The zero-order valence-electron chi connectivity index (χ0n) is 26.1. The van der Waals surface area contributed by atoms with Gasteiger partial charge < -0.3 is 23.9 Å². The van der Waals surface area contributed by atoms with E-state index in [4.69, 9.17) is 26.8 Å². The van der Waals surface area contributed by atoms with E-state index in [1.807, 2.05) is 25.1 Å². The molecule has 0 saturated heterocycles. The van der Waals surface area contributed by atoms with E-state index in [1.54, 1.807) is 12.1 Å². The van der Waals surface area contributed by atoms with Crippen molar-refractivity contribution in [1.82, 2.24) is 0 Å². The molecule has 41 heavy (non-hydrogen) atoms. The monoisotopic (exact) mass is 614 g/mol. The van der Waals surface area contributed by atoms with Gasteiger partial charge in [0.05, 0.1) is 0 Å². The van der Waals surface area contributed by atoms with E-state index in [-0.39, 0.29) is 6.61 Å². The number of hydrogen-bond acceptors (Lipinski definition) is 7. The van der Waals surface area contributed by atoms with Crippen molar-refractivity contribution in [3.63, 3.8) is 0 Å². The summed E-state index contributed by atoms with van der Waals surface area (Å²) in [5.74, 6) is -0.569. The van der Waals surface area contributed by atoms with E-state index in [9.17, 15) is 14.5 Å². The summed E-state index contributed by atoms with van der Waals surface area (Å²) in [6.07, 6.45) is 20.6. The van der Waals surface area contributed by atoms with E-state index in [0.717, 1.165) is 24.8 Å². The van der Waals surface area contributed by atoms with Gasteiger partial charge in [-0.25, -0.2) is 4.79 Å². The number of benzene rings is 1. The normalized spacial score (nSPS) is 15.5. The highest BCUT2D eigenvalue weighted by Gasteiger charge is 2.41. The fraction of sp³-hybridized carbons (Fsp3) is 0.788. The van der Waals surface area contributed by atoms with Gasteiger partial charge in [-0.1, -0.05) is 154 Å². The van der Waals surface area contributed by atoms with Crippen molar-refractivity contribution in [1.29, 1.82) is 0 Å². The van der Waals surface area contributed by atoms with E-state index in [0.29, 0.717) is 12.3 Å². The molecule has 6 nitrogen and oxygen atoms in total. The molecule has 0 bridgehead atoms. The molecular weight excluding hydrogens is 555 g/mol. The molecule has 8 heteroatoms. The third-order valence-corrected chi connectivity index (χ3v) is 8.61. The van der Waals surface area contributed by atoms with Crippen LogP contribution in [0.4, 0.5) is 0 Å². The maximum atomic E-state index is 12.6. The van der Waals surface area contributed by atoms with Gasteiger partial charge in [-0.3, -0.25) is 0 Å².